The van der Waals surface area contributed by atoms with E-state index in [4.69, 9.17) is 0 Å². The van der Waals surface area contributed by atoms with Gasteiger partial charge in [-0.15, -0.1) is 6.58 Å². The van der Waals surface area contributed by atoms with Crippen LogP contribution in [0.5, 0.6) is 0 Å². The van der Waals surface area contributed by atoms with Crippen LogP contribution in [-0.4, -0.2) is 16.8 Å². The van der Waals surface area contributed by atoms with Crippen molar-refractivity contribution in [3.8, 4) is 0 Å². The van der Waals surface area contributed by atoms with E-state index in [9.17, 15) is 0 Å². The van der Waals surface area contributed by atoms with Gasteiger partial charge < -0.3 is 5.32 Å². The van der Waals surface area contributed by atoms with Gasteiger partial charge in [0, 0.05) is 12.7 Å². The molecule has 0 aromatic carbocycles. The van der Waals surface area contributed by atoms with E-state index in [-0.39, 0.29) is 0 Å². The van der Waals surface area contributed by atoms with E-state index in [1.807, 2.05) is 23.9 Å². The van der Waals surface area contributed by atoms with Crippen molar-refractivity contribution in [1.82, 2.24) is 15.1 Å². The third-order valence-electron chi connectivity index (χ3n) is 1.46. The first-order valence-electron chi connectivity index (χ1n) is 3.64. The predicted molar refractivity (Wildman–Crippen MR) is 45.2 cm³/mol. The number of hydrogen-bond donors (Lipinski definition) is 1. The average molecular weight is 151 g/mol. The van der Waals surface area contributed by atoms with Gasteiger partial charge in [0.25, 0.3) is 0 Å². The first kappa shape index (κ1) is 8.01. The first-order valence-corrected chi connectivity index (χ1v) is 3.64. The summed E-state index contributed by atoms with van der Waals surface area (Å²) in [5.41, 5.74) is 1.19. The molecule has 0 saturated heterocycles. The van der Waals surface area contributed by atoms with Crippen LogP contribution >= 0.6 is 0 Å². The van der Waals surface area contributed by atoms with E-state index >= 15 is 0 Å². The lowest BCUT2D eigenvalue weighted by Crippen LogP contribution is -2.11. The quantitative estimate of drug-likeness (QED) is 0.645. The molecule has 0 atom stereocenters. The normalized spacial score (nSPS) is 9.91. The van der Waals surface area contributed by atoms with Crippen molar-refractivity contribution in [3.05, 3.63) is 30.6 Å². The van der Waals surface area contributed by atoms with E-state index in [2.05, 4.69) is 17.0 Å². The Morgan fingerprint density at radius 1 is 1.82 bits per heavy atom. The summed E-state index contributed by atoms with van der Waals surface area (Å²) in [6.07, 6.45) is 3.64. The molecule has 3 heteroatoms. The van der Waals surface area contributed by atoms with E-state index in [0.717, 1.165) is 13.1 Å². The van der Waals surface area contributed by atoms with Crippen LogP contribution in [0, 0.1) is 0 Å². The Bertz CT molecular complexity index is 227. The number of aromatic nitrogens is 2. The van der Waals surface area contributed by atoms with Gasteiger partial charge in [-0.3, -0.25) is 4.68 Å². The standard InChI is InChI=1S/C8H13N3/c1-3-6-11-8(7-9-2)4-5-10-11/h3-5,9H,1,6-7H2,2H3. The Kier molecular flexibility index (Phi) is 2.86. The molecule has 0 aliphatic heterocycles. The molecule has 11 heavy (non-hydrogen) atoms. The van der Waals surface area contributed by atoms with Gasteiger partial charge in [0.15, 0.2) is 0 Å². The van der Waals surface area contributed by atoms with Crippen LogP contribution in [0.4, 0.5) is 0 Å². The zero-order valence-electron chi connectivity index (χ0n) is 6.75. The van der Waals surface area contributed by atoms with Gasteiger partial charge in [-0.1, -0.05) is 6.08 Å². The maximum absolute atomic E-state index is 4.13. The van der Waals surface area contributed by atoms with Gasteiger partial charge in [-0.05, 0) is 13.1 Å². The molecule has 1 rings (SSSR count). The van der Waals surface area contributed by atoms with Crippen molar-refractivity contribution < 1.29 is 0 Å². The van der Waals surface area contributed by atoms with Crippen LogP contribution in [0.2, 0.25) is 0 Å². The molecule has 0 bridgehead atoms. The molecule has 60 valence electrons. The van der Waals surface area contributed by atoms with Crippen LogP contribution in [-0.2, 0) is 13.1 Å². The summed E-state index contributed by atoms with van der Waals surface area (Å²) in [5.74, 6) is 0. The molecule has 0 amide bonds. The van der Waals surface area contributed by atoms with Crippen LogP contribution in [0.25, 0.3) is 0 Å². The minimum Gasteiger partial charge on any atom is -0.314 e. The summed E-state index contributed by atoms with van der Waals surface area (Å²) in [4.78, 5) is 0. The second kappa shape index (κ2) is 3.93. The van der Waals surface area contributed by atoms with E-state index in [0.29, 0.717) is 0 Å². The maximum atomic E-state index is 4.13. The van der Waals surface area contributed by atoms with Gasteiger partial charge in [-0.25, -0.2) is 0 Å². The fourth-order valence-electron chi connectivity index (χ4n) is 0.978. The Morgan fingerprint density at radius 3 is 3.27 bits per heavy atom. The first-order chi connectivity index (χ1) is 5.38. The maximum Gasteiger partial charge on any atom is 0.0591 e. The van der Waals surface area contributed by atoms with Crippen molar-refractivity contribution >= 4 is 0 Å². The van der Waals surface area contributed by atoms with Crippen LogP contribution in [0.15, 0.2) is 24.9 Å². The molecular weight excluding hydrogens is 138 g/mol. The lowest BCUT2D eigenvalue weighted by Gasteiger charge is -2.02. The van der Waals surface area contributed by atoms with Gasteiger partial charge in [-0.2, -0.15) is 5.10 Å². The third-order valence-corrected chi connectivity index (χ3v) is 1.46. The van der Waals surface area contributed by atoms with E-state index < -0.39 is 0 Å². The number of allylic oxidation sites excluding steroid dienone is 1. The van der Waals surface area contributed by atoms with Gasteiger partial charge in [0.05, 0.1) is 12.2 Å². The zero-order valence-corrected chi connectivity index (χ0v) is 6.75. The highest BCUT2D eigenvalue weighted by Crippen LogP contribution is 1.97. The van der Waals surface area contributed by atoms with Crippen LogP contribution in [0.3, 0.4) is 0 Å². The van der Waals surface area contributed by atoms with Gasteiger partial charge in [0.1, 0.15) is 0 Å². The van der Waals surface area contributed by atoms with Crippen LogP contribution in [0.1, 0.15) is 5.69 Å². The number of nitrogens with zero attached hydrogens (tertiary/aromatic N) is 2. The molecule has 0 fully saturated rings. The average Bonchev–Trinajstić information content (AvgIpc) is 2.39. The summed E-state index contributed by atoms with van der Waals surface area (Å²) < 4.78 is 1.92. The number of nitrogens with one attached hydrogen (secondary N) is 1. The zero-order chi connectivity index (χ0) is 8.10. The molecule has 0 aliphatic carbocycles. The lowest BCUT2D eigenvalue weighted by atomic mass is 10.4. The highest BCUT2D eigenvalue weighted by atomic mass is 15.3. The Hall–Kier alpha value is -1.09. The fourth-order valence-corrected chi connectivity index (χ4v) is 0.978. The summed E-state index contributed by atoms with van der Waals surface area (Å²) in [6.45, 7) is 5.29. The molecular formula is C8H13N3. The SMILES string of the molecule is C=CCn1nccc1CNC. The van der Waals surface area contributed by atoms with Crippen molar-refractivity contribution in [1.29, 1.82) is 0 Å². The van der Waals surface area contributed by atoms with Crippen molar-refractivity contribution in [2.75, 3.05) is 7.05 Å². The summed E-state index contributed by atoms with van der Waals surface area (Å²) in [7, 11) is 1.92. The monoisotopic (exact) mass is 151 g/mol. The third kappa shape index (κ3) is 1.91. The molecule has 0 spiro atoms. The molecule has 3 nitrogen and oxygen atoms in total. The van der Waals surface area contributed by atoms with Gasteiger partial charge >= 0.3 is 0 Å². The second-order valence-corrected chi connectivity index (χ2v) is 2.32. The minimum atomic E-state index is 0.782. The predicted octanol–water partition coefficient (Wildman–Crippen LogP) is 0.788. The summed E-state index contributed by atoms with van der Waals surface area (Å²) in [6, 6.07) is 2.00. The molecule has 0 aliphatic rings. The summed E-state index contributed by atoms with van der Waals surface area (Å²) in [5, 5.41) is 7.20. The largest absolute Gasteiger partial charge is 0.314 e. The minimum absolute atomic E-state index is 0.782. The molecule has 1 aromatic heterocycles. The highest BCUT2D eigenvalue weighted by Gasteiger charge is 1.97. The van der Waals surface area contributed by atoms with Crippen molar-refractivity contribution in [3.63, 3.8) is 0 Å². The topological polar surface area (TPSA) is 29.9 Å². The second-order valence-electron chi connectivity index (χ2n) is 2.32. The molecule has 0 radical (unpaired) electrons. The molecule has 1 N–H and O–H groups in total. The molecule has 1 aromatic rings. The van der Waals surface area contributed by atoms with Gasteiger partial charge in [0.2, 0.25) is 0 Å². The number of hydrogen-bond acceptors (Lipinski definition) is 2. The highest BCUT2D eigenvalue weighted by molar-refractivity contribution is 5.00. The van der Waals surface area contributed by atoms with Crippen LogP contribution < -0.4 is 5.32 Å². The smallest absolute Gasteiger partial charge is 0.0591 e. The van der Waals surface area contributed by atoms with Crippen molar-refractivity contribution in [2.45, 2.75) is 13.1 Å². The molecule has 0 unspecified atom stereocenters. The number of rotatable bonds is 4. The van der Waals surface area contributed by atoms with E-state index in [1.54, 1.807) is 6.20 Å². The lowest BCUT2D eigenvalue weighted by molar-refractivity contribution is 0.632. The summed E-state index contributed by atoms with van der Waals surface area (Å²) >= 11 is 0. The molecule has 1 heterocycles. The van der Waals surface area contributed by atoms with Crippen molar-refractivity contribution in [2.24, 2.45) is 0 Å². The Morgan fingerprint density at radius 2 is 2.64 bits per heavy atom. The Labute approximate surface area is 66.7 Å². The molecule has 0 saturated carbocycles. The fraction of sp³-hybridized carbons (Fsp3) is 0.375. The van der Waals surface area contributed by atoms with E-state index in [1.165, 1.54) is 5.69 Å². The Balaban J connectivity index is 2.69.